The Balaban J connectivity index is 1.31. The highest BCUT2D eigenvalue weighted by atomic mass is 16.8. The van der Waals surface area contributed by atoms with Crippen LogP contribution in [0.5, 0.6) is 0 Å². The van der Waals surface area contributed by atoms with Crippen LogP contribution in [0.25, 0.3) is 0 Å². The van der Waals surface area contributed by atoms with E-state index >= 15 is 0 Å². The lowest BCUT2D eigenvalue weighted by Gasteiger charge is -2.48. The number of allylic oxidation sites excluding steroid dienone is 7. The van der Waals surface area contributed by atoms with Gasteiger partial charge in [0.2, 0.25) is 5.91 Å². The molecule has 19 heteroatoms. The molecule has 3 fully saturated rings. The number of hydrogen-bond acceptors (Lipinski definition) is 18. The molecule has 3 aliphatic rings. The predicted molar refractivity (Wildman–Crippen MR) is 332 cm³/mol. The van der Waals surface area contributed by atoms with E-state index in [1.807, 2.05) is 6.08 Å². The summed E-state index contributed by atoms with van der Waals surface area (Å²) in [6.45, 7) is 1.66. The van der Waals surface area contributed by atoms with Crippen molar-refractivity contribution in [3.8, 4) is 0 Å². The largest absolute Gasteiger partial charge is 0.394 e. The minimum atomic E-state index is -1.98. The molecule has 12 N–H and O–H groups in total. The van der Waals surface area contributed by atoms with Gasteiger partial charge in [-0.15, -0.1) is 0 Å². The van der Waals surface area contributed by atoms with E-state index in [4.69, 9.17) is 28.4 Å². The highest BCUT2D eigenvalue weighted by Gasteiger charge is 2.53. The van der Waals surface area contributed by atoms with E-state index in [1.54, 1.807) is 6.08 Å². The zero-order valence-electron chi connectivity index (χ0n) is 52.8. The zero-order valence-corrected chi connectivity index (χ0v) is 52.8. The molecule has 3 rings (SSSR count). The molecule has 3 heterocycles. The van der Waals surface area contributed by atoms with Crippen LogP contribution in [0, 0.1) is 0 Å². The molecule has 0 bridgehead atoms. The molecule has 0 radical (unpaired) electrons. The molecule has 3 aliphatic heterocycles. The molecule has 0 aromatic heterocycles. The van der Waals surface area contributed by atoms with Crippen molar-refractivity contribution in [2.75, 3.05) is 26.4 Å². The van der Waals surface area contributed by atoms with Crippen LogP contribution < -0.4 is 5.32 Å². The van der Waals surface area contributed by atoms with Gasteiger partial charge in [0.05, 0.1) is 38.6 Å². The Hall–Kier alpha value is -2.25. The molecular weight excluding hydrogens is 1110 g/mol. The van der Waals surface area contributed by atoms with Crippen LogP contribution in [0.15, 0.2) is 48.6 Å². The predicted octanol–water partition coefficient (Wildman–Crippen LogP) is 8.22. The Bertz CT molecular complexity index is 1750. The fourth-order valence-corrected chi connectivity index (χ4v) is 11.3. The number of amides is 1. The lowest BCUT2D eigenvalue weighted by Crippen LogP contribution is -2.66. The number of ether oxygens (including phenoxy) is 6. The van der Waals surface area contributed by atoms with Crippen LogP contribution in [0.4, 0.5) is 0 Å². The molecule has 0 saturated carbocycles. The van der Waals surface area contributed by atoms with Crippen LogP contribution in [0.2, 0.25) is 0 Å². The third-order valence-electron chi connectivity index (χ3n) is 16.9. The second kappa shape index (κ2) is 49.5. The van der Waals surface area contributed by atoms with Crippen molar-refractivity contribution in [1.82, 2.24) is 5.32 Å². The van der Waals surface area contributed by atoms with E-state index in [0.717, 1.165) is 64.2 Å². The van der Waals surface area contributed by atoms with E-state index < -0.39 is 124 Å². The van der Waals surface area contributed by atoms with Crippen LogP contribution >= 0.6 is 0 Å². The van der Waals surface area contributed by atoms with Crippen molar-refractivity contribution in [2.24, 2.45) is 0 Å². The maximum atomic E-state index is 13.3. The fourth-order valence-electron chi connectivity index (χ4n) is 11.3. The Labute approximate surface area is 516 Å². The van der Waals surface area contributed by atoms with E-state index in [-0.39, 0.29) is 18.9 Å². The van der Waals surface area contributed by atoms with E-state index in [1.165, 1.54) is 148 Å². The molecule has 1 amide bonds. The fraction of sp³-hybridized carbons (Fsp3) is 0.866. The average Bonchev–Trinajstić information content (AvgIpc) is 3.55. The summed E-state index contributed by atoms with van der Waals surface area (Å²) >= 11 is 0. The van der Waals surface area contributed by atoms with E-state index in [0.29, 0.717) is 6.42 Å². The highest BCUT2D eigenvalue weighted by Crippen LogP contribution is 2.33. The molecule has 0 spiro atoms. The maximum Gasteiger partial charge on any atom is 0.220 e. The lowest BCUT2D eigenvalue weighted by atomic mass is 9.96. The van der Waals surface area contributed by atoms with Gasteiger partial charge in [0.15, 0.2) is 18.9 Å². The summed E-state index contributed by atoms with van der Waals surface area (Å²) in [5.74, 6) is -0.278. The number of rotatable bonds is 51. The number of hydrogen-bond donors (Lipinski definition) is 12. The average molecular weight is 1230 g/mol. The summed E-state index contributed by atoms with van der Waals surface area (Å²) in [6.07, 6.45) is 31.5. The molecule has 0 aliphatic carbocycles. The number of carbonyl (C=O) groups excluding carboxylic acids is 1. The third-order valence-corrected chi connectivity index (χ3v) is 16.9. The Morgan fingerprint density at radius 3 is 1.20 bits per heavy atom. The Kier molecular flexibility index (Phi) is 44.8. The summed E-state index contributed by atoms with van der Waals surface area (Å²) in [5.41, 5.74) is 0. The Morgan fingerprint density at radius 1 is 0.419 bits per heavy atom. The molecule has 17 unspecified atom stereocenters. The van der Waals surface area contributed by atoms with E-state index in [9.17, 15) is 61.0 Å². The molecule has 3 saturated heterocycles. The first-order valence-electron chi connectivity index (χ1n) is 33.9. The van der Waals surface area contributed by atoms with Gasteiger partial charge in [-0.25, -0.2) is 0 Å². The van der Waals surface area contributed by atoms with Gasteiger partial charge in [-0.05, 0) is 57.8 Å². The Morgan fingerprint density at radius 2 is 0.767 bits per heavy atom. The SMILES string of the molecule is CCCCCCC/C=C\C/C=C\C/C=C\CCCCCCCCCCCCCCCCCCCCC(=O)NC(COC1OC(CO)C(OC2OC(CO)C(OC3OC(CO)C(O)C(O)C3O)C(O)C2O)C(O)C1O)C(O)/C=C/CCCCCCCC. The minimum Gasteiger partial charge on any atom is -0.394 e. The van der Waals surface area contributed by atoms with Gasteiger partial charge >= 0.3 is 0 Å². The summed E-state index contributed by atoms with van der Waals surface area (Å²) in [5, 5.41) is 120. The molecule has 502 valence electrons. The van der Waals surface area contributed by atoms with Gasteiger partial charge < -0.3 is 89.9 Å². The highest BCUT2D eigenvalue weighted by molar-refractivity contribution is 5.76. The number of nitrogens with one attached hydrogen (secondary N) is 1. The summed E-state index contributed by atoms with van der Waals surface area (Å²) in [7, 11) is 0. The quantitative estimate of drug-likeness (QED) is 0.0202. The van der Waals surface area contributed by atoms with Gasteiger partial charge in [0, 0.05) is 6.42 Å². The third kappa shape index (κ3) is 31.7. The van der Waals surface area contributed by atoms with Gasteiger partial charge in [0.1, 0.15) is 73.2 Å². The van der Waals surface area contributed by atoms with Crippen LogP contribution in [0.3, 0.4) is 0 Å². The normalized spacial score (nSPS) is 29.1. The topological polar surface area (TPSA) is 307 Å². The summed E-state index contributed by atoms with van der Waals surface area (Å²) in [4.78, 5) is 13.3. The van der Waals surface area contributed by atoms with E-state index in [2.05, 4.69) is 55.6 Å². The monoisotopic (exact) mass is 1230 g/mol. The van der Waals surface area contributed by atoms with Crippen molar-refractivity contribution < 1.29 is 89.4 Å². The van der Waals surface area contributed by atoms with Gasteiger partial charge in [-0.1, -0.05) is 223 Å². The molecule has 0 aromatic carbocycles. The molecule has 86 heavy (non-hydrogen) atoms. The molecular formula is C67H121NO18. The van der Waals surface area contributed by atoms with Gasteiger partial charge in [0.25, 0.3) is 0 Å². The molecule has 19 nitrogen and oxygen atoms in total. The molecule has 17 atom stereocenters. The number of aliphatic hydroxyl groups excluding tert-OH is 11. The maximum absolute atomic E-state index is 13.3. The van der Waals surface area contributed by atoms with Gasteiger partial charge in [-0.2, -0.15) is 0 Å². The smallest absolute Gasteiger partial charge is 0.220 e. The van der Waals surface area contributed by atoms with Gasteiger partial charge in [-0.3, -0.25) is 4.79 Å². The minimum absolute atomic E-state index is 0.244. The second-order valence-electron chi connectivity index (χ2n) is 24.3. The zero-order chi connectivity index (χ0) is 62.6. The number of aliphatic hydroxyl groups is 11. The van der Waals surface area contributed by atoms with Crippen molar-refractivity contribution in [3.63, 3.8) is 0 Å². The molecule has 0 aromatic rings. The van der Waals surface area contributed by atoms with Crippen molar-refractivity contribution in [2.45, 2.75) is 343 Å². The second-order valence-corrected chi connectivity index (χ2v) is 24.3. The number of unbranched alkanes of at least 4 members (excludes halogenated alkanes) is 29. The lowest BCUT2D eigenvalue weighted by molar-refractivity contribution is -0.379. The summed E-state index contributed by atoms with van der Waals surface area (Å²) in [6, 6.07) is -0.970. The van der Waals surface area contributed by atoms with Crippen molar-refractivity contribution in [1.29, 1.82) is 0 Å². The summed E-state index contributed by atoms with van der Waals surface area (Å²) < 4.78 is 34.2. The number of carbonyl (C=O) groups is 1. The first kappa shape index (κ1) is 78.0. The standard InChI is InChI=1S/C67H121NO18/c1-3-5-7-9-11-13-14-15-16-17-18-19-20-21-22-23-24-25-26-27-28-29-30-31-32-33-34-35-36-37-39-41-43-45-55(73)68-50(51(72)44-42-40-38-12-10-8-6-4-2)49-81-65-61(79)58(76)63(53(47-70)83-65)86-67-62(80)59(77)64(54(48-71)84-67)85-66-60(78)57(75)56(74)52(46-69)82-66/h14-15,17-18,20-21,42,44,50-54,56-67,69-72,74-80H,3-13,16,19,22-41,43,45-49H2,1-2H3,(H,68,73)/b15-14-,18-17-,21-20-,44-42+. The first-order chi connectivity index (χ1) is 41.8. The van der Waals surface area contributed by atoms with Crippen LogP contribution in [0.1, 0.15) is 239 Å². The van der Waals surface area contributed by atoms with Crippen molar-refractivity contribution in [3.05, 3.63) is 48.6 Å². The van der Waals surface area contributed by atoms with Crippen LogP contribution in [-0.2, 0) is 33.2 Å². The van der Waals surface area contributed by atoms with Crippen molar-refractivity contribution >= 4 is 5.91 Å². The first-order valence-corrected chi connectivity index (χ1v) is 33.9. The van der Waals surface area contributed by atoms with Crippen LogP contribution in [-0.4, -0.2) is 193 Å².